The molecule has 0 amide bonds. The Morgan fingerprint density at radius 3 is 2.67 bits per heavy atom. The normalized spacial score (nSPS) is 32.8. The van der Waals surface area contributed by atoms with E-state index in [0.717, 1.165) is 18.4 Å². The lowest BCUT2D eigenvalue weighted by atomic mass is 9.86. The number of hydrogen-bond donors (Lipinski definition) is 1. The Labute approximate surface area is 76.1 Å². The molecule has 0 saturated carbocycles. The molecule has 72 valence electrons. The second kappa shape index (κ2) is 4.24. The van der Waals surface area contributed by atoms with E-state index in [1.165, 1.54) is 19.5 Å². The predicted octanol–water partition coefficient (Wildman–Crippen LogP) is 1.31. The molecule has 0 aromatic rings. The number of nitrogens with zero attached hydrogens (tertiary/aromatic N) is 1. The van der Waals surface area contributed by atoms with Gasteiger partial charge >= 0.3 is 0 Å². The smallest absolute Gasteiger partial charge is 0.00387 e. The van der Waals surface area contributed by atoms with Crippen molar-refractivity contribution < 1.29 is 0 Å². The van der Waals surface area contributed by atoms with Gasteiger partial charge in [0.15, 0.2) is 0 Å². The van der Waals surface area contributed by atoms with Gasteiger partial charge in [-0.05, 0) is 45.2 Å². The topological polar surface area (TPSA) is 29.3 Å². The minimum atomic E-state index is 0.687. The summed E-state index contributed by atoms with van der Waals surface area (Å²) in [5, 5.41) is 0. The third kappa shape index (κ3) is 2.20. The predicted molar refractivity (Wildman–Crippen MR) is 53.0 cm³/mol. The number of piperidine rings is 1. The van der Waals surface area contributed by atoms with Crippen LogP contribution in [-0.4, -0.2) is 30.6 Å². The van der Waals surface area contributed by atoms with Crippen LogP contribution in [0.25, 0.3) is 0 Å². The van der Waals surface area contributed by atoms with Gasteiger partial charge in [-0.2, -0.15) is 0 Å². The Kier molecular flexibility index (Phi) is 3.53. The molecule has 1 fully saturated rings. The second-order valence-corrected chi connectivity index (χ2v) is 4.35. The largest absolute Gasteiger partial charge is 0.330 e. The molecular formula is C10H22N2. The molecule has 1 rings (SSSR count). The summed E-state index contributed by atoms with van der Waals surface area (Å²) in [5.74, 6) is 1.55. The molecule has 1 heterocycles. The molecule has 2 nitrogen and oxygen atoms in total. The van der Waals surface area contributed by atoms with E-state index in [9.17, 15) is 0 Å². The van der Waals surface area contributed by atoms with Gasteiger partial charge in [0.05, 0.1) is 0 Å². The standard InChI is InChI=1S/C10H22N2/c1-8(2)12-5-4-9(3)10(6-11)7-12/h8-10H,4-7,11H2,1-3H3. The molecule has 0 radical (unpaired) electrons. The van der Waals surface area contributed by atoms with Crippen LogP contribution in [0.2, 0.25) is 0 Å². The molecule has 0 aromatic heterocycles. The van der Waals surface area contributed by atoms with Crippen molar-refractivity contribution in [3.05, 3.63) is 0 Å². The summed E-state index contributed by atoms with van der Waals surface area (Å²) < 4.78 is 0. The number of nitrogens with two attached hydrogens (primary N) is 1. The fraction of sp³-hybridized carbons (Fsp3) is 1.00. The lowest BCUT2D eigenvalue weighted by Crippen LogP contribution is -2.45. The quantitative estimate of drug-likeness (QED) is 0.677. The van der Waals surface area contributed by atoms with E-state index in [4.69, 9.17) is 5.73 Å². The SMILES string of the molecule is CC1CCN(C(C)C)CC1CN. The van der Waals surface area contributed by atoms with Crippen molar-refractivity contribution in [3.8, 4) is 0 Å². The first-order valence-corrected chi connectivity index (χ1v) is 5.09. The lowest BCUT2D eigenvalue weighted by Gasteiger charge is -2.38. The van der Waals surface area contributed by atoms with Gasteiger partial charge < -0.3 is 10.6 Å². The first kappa shape index (κ1) is 10.0. The molecule has 0 bridgehead atoms. The number of likely N-dealkylation sites (tertiary alicyclic amines) is 1. The van der Waals surface area contributed by atoms with Crippen molar-refractivity contribution in [3.63, 3.8) is 0 Å². The minimum Gasteiger partial charge on any atom is -0.330 e. The van der Waals surface area contributed by atoms with Gasteiger partial charge in [0.2, 0.25) is 0 Å². The van der Waals surface area contributed by atoms with Crippen LogP contribution < -0.4 is 5.73 Å². The maximum absolute atomic E-state index is 5.73. The molecule has 2 heteroatoms. The molecule has 0 aliphatic carbocycles. The minimum absolute atomic E-state index is 0.687. The highest BCUT2D eigenvalue weighted by atomic mass is 15.2. The summed E-state index contributed by atoms with van der Waals surface area (Å²) in [6.45, 7) is 10.2. The van der Waals surface area contributed by atoms with Crippen LogP contribution in [0.3, 0.4) is 0 Å². The maximum Gasteiger partial charge on any atom is 0.00387 e. The van der Waals surface area contributed by atoms with Crippen LogP contribution >= 0.6 is 0 Å². The van der Waals surface area contributed by atoms with E-state index < -0.39 is 0 Å². The van der Waals surface area contributed by atoms with E-state index in [2.05, 4.69) is 25.7 Å². The third-order valence-corrected chi connectivity index (χ3v) is 3.18. The van der Waals surface area contributed by atoms with Gasteiger partial charge in [-0.15, -0.1) is 0 Å². The van der Waals surface area contributed by atoms with Crippen molar-refractivity contribution in [1.29, 1.82) is 0 Å². The van der Waals surface area contributed by atoms with Gasteiger partial charge in [-0.3, -0.25) is 0 Å². The highest BCUT2D eigenvalue weighted by Gasteiger charge is 2.25. The van der Waals surface area contributed by atoms with Crippen molar-refractivity contribution in [2.24, 2.45) is 17.6 Å². The van der Waals surface area contributed by atoms with Crippen LogP contribution in [0.15, 0.2) is 0 Å². The number of hydrogen-bond acceptors (Lipinski definition) is 2. The van der Waals surface area contributed by atoms with Gasteiger partial charge in [-0.1, -0.05) is 6.92 Å². The molecule has 1 aliphatic rings. The third-order valence-electron chi connectivity index (χ3n) is 3.18. The summed E-state index contributed by atoms with van der Waals surface area (Å²) in [7, 11) is 0. The van der Waals surface area contributed by atoms with Crippen LogP contribution in [-0.2, 0) is 0 Å². The molecule has 0 spiro atoms. The average molecular weight is 170 g/mol. The van der Waals surface area contributed by atoms with Gasteiger partial charge in [0.1, 0.15) is 0 Å². The molecule has 2 unspecified atom stereocenters. The van der Waals surface area contributed by atoms with E-state index in [1.807, 2.05) is 0 Å². The fourth-order valence-electron chi connectivity index (χ4n) is 1.95. The van der Waals surface area contributed by atoms with Crippen molar-refractivity contribution >= 4 is 0 Å². The molecular weight excluding hydrogens is 148 g/mol. The second-order valence-electron chi connectivity index (χ2n) is 4.35. The van der Waals surface area contributed by atoms with E-state index in [0.29, 0.717) is 6.04 Å². The van der Waals surface area contributed by atoms with E-state index in [-0.39, 0.29) is 0 Å². The molecule has 1 aliphatic heterocycles. The highest BCUT2D eigenvalue weighted by molar-refractivity contribution is 4.79. The van der Waals surface area contributed by atoms with Crippen molar-refractivity contribution in [2.45, 2.75) is 33.2 Å². The van der Waals surface area contributed by atoms with Crippen molar-refractivity contribution in [1.82, 2.24) is 4.90 Å². The van der Waals surface area contributed by atoms with E-state index >= 15 is 0 Å². The molecule has 0 aromatic carbocycles. The summed E-state index contributed by atoms with van der Waals surface area (Å²) in [6, 6.07) is 0.687. The molecule has 12 heavy (non-hydrogen) atoms. The first-order chi connectivity index (χ1) is 5.65. The zero-order chi connectivity index (χ0) is 9.14. The summed E-state index contributed by atoms with van der Waals surface area (Å²) >= 11 is 0. The molecule has 1 saturated heterocycles. The Balaban J connectivity index is 2.44. The Hall–Kier alpha value is -0.0800. The zero-order valence-corrected chi connectivity index (χ0v) is 8.59. The molecule has 2 N–H and O–H groups in total. The average Bonchev–Trinajstić information content (AvgIpc) is 2.05. The summed E-state index contributed by atoms with van der Waals surface area (Å²) in [5.41, 5.74) is 5.73. The highest BCUT2D eigenvalue weighted by Crippen LogP contribution is 2.23. The van der Waals surface area contributed by atoms with E-state index in [1.54, 1.807) is 0 Å². The summed E-state index contributed by atoms with van der Waals surface area (Å²) in [6.07, 6.45) is 1.32. The fourth-order valence-corrected chi connectivity index (χ4v) is 1.95. The maximum atomic E-state index is 5.73. The van der Waals surface area contributed by atoms with Gasteiger partial charge in [0.25, 0.3) is 0 Å². The van der Waals surface area contributed by atoms with Crippen molar-refractivity contribution in [2.75, 3.05) is 19.6 Å². The lowest BCUT2D eigenvalue weighted by molar-refractivity contribution is 0.105. The van der Waals surface area contributed by atoms with Crippen LogP contribution in [0, 0.1) is 11.8 Å². The first-order valence-electron chi connectivity index (χ1n) is 5.09. The van der Waals surface area contributed by atoms with Gasteiger partial charge in [-0.25, -0.2) is 0 Å². The number of rotatable bonds is 2. The Bertz CT molecular complexity index is 134. The Morgan fingerprint density at radius 1 is 1.50 bits per heavy atom. The van der Waals surface area contributed by atoms with Crippen LogP contribution in [0.4, 0.5) is 0 Å². The molecule has 2 atom stereocenters. The summed E-state index contributed by atoms with van der Waals surface area (Å²) in [4.78, 5) is 2.54. The zero-order valence-electron chi connectivity index (χ0n) is 8.59. The van der Waals surface area contributed by atoms with Gasteiger partial charge in [0, 0.05) is 12.6 Å². The Morgan fingerprint density at radius 2 is 2.17 bits per heavy atom. The van der Waals surface area contributed by atoms with Crippen LogP contribution in [0.5, 0.6) is 0 Å². The monoisotopic (exact) mass is 170 g/mol. The van der Waals surface area contributed by atoms with Crippen LogP contribution in [0.1, 0.15) is 27.2 Å².